The second kappa shape index (κ2) is 5.84. The van der Waals surface area contributed by atoms with Crippen molar-refractivity contribution < 1.29 is 4.74 Å². The topological polar surface area (TPSA) is 44.1 Å². The first-order valence-corrected chi connectivity index (χ1v) is 6.06. The van der Waals surface area contributed by atoms with Crippen LogP contribution in [0.5, 0.6) is 6.01 Å². The summed E-state index contributed by atoms with van der Waals surface area (Å²) in [5.74, 6) is 1.07. The van der Waals surface area contributed by atoms with E-state index in [1.54, 1.807) is 24.7 Å². The van der Waals surface area contributed by atoms with Crippen LogP contribution in [0.3, 0.4) is 0 Å². The molecule has 1 rings (SSSR count). The van der Waals surface area contributed by atoms with Gasteiger partial charge in [-0.25, -0.2) is 4.98 Å². The van der Waals surface area contributed by atoms with Gasteiger partial charge in [0.05, 0.1) is 7.11 Å². The number of hydrogen-bond acceptors (Lipinski definition) is 3. The van der Waals surface area contributed by atoms with Crippen molar-refractivity contribution in [3.05, 3.63) is 22.1 Å². The van der Waals surface area contributed by atoms with E-state index in [0.717, 1.165) is 6.42 Å². The van der Waals surface area contributed by atoms with Crippen LogP contribution < -0.4 is 10.3 Å². The fourth-order valence-corrected chi connectivity index (χ4v) is 2.11. The third kappa shape index (κ3) is 3.88. The second-order valence-electron chi connectivity index (χ2n) is 5.07. The Morgan fingerprint density at radius 1 is 1.41 bits per heavy atom. The van der Waals surface area contributed by atoms with Crippen LogP contribution in [0.25, 0.3) is 0 Å². The molecule has 0 fully saturated rings. The van der Waals surface area contributed by atoms with Crippen molar-refractivity contribution in [2.75, 3.05) is 7.11 Å². The lowest BCUT2D eigenvalue weighted by Crippen LogP contribution is -2.25. The van der Waals surface area contributed by atoms with Crippen molar-refractivity contribution >= 4 is 0 Å². The van der Waals surface area contributed by atoms with E-state index >= 15 is 0 Å². The molecule has 0 N–H and O–H groups in total. The SMILES string of the molecule is COc1nc(C)cc(=O)n1CC(C)CC(C)C. The van der Waals surface area contributed by atoms with Crippen LogP contribution in [0.15, 0.2) is 10.9 Å². The fraction of sp³-hybridized carbons (Fsp3) is 0.692. The van der Waals surface area contributed by atoms with Crippen molar-refractivity contribution in [3.63, 3.8) is 0 Å². The highest BCUT2D eigenvalue weighted by molar-refractivity contribution is 5.06. The molecule has 1 atom stereocenters. The van der Waals surface area contributed by atoms with Crippen LogP contribution in [0.2, 0.25) is 0 Å². The molecule has 96 valence electrons. The number of rotatable bonds is 5. The summed E-state index contributed by atoms with van der Waals surface area (Å²) in [6.45, 7) is 8.97. The first-order valence-electron chi connectivity index (χ1n) is 6.06. The quantitative estimate of drug-likeness (QED) is 0.790. The summed E-state index contributed by atoms with van der Waals surface area (Å²) in [5.41, 5.74) is 0.657. The molecule has 1 aromatic heterocycles. The van der Waals surface area contributed by atoms with Crippen molar-refractivity contribution in [1.82, 2.24) is 9.55 Å². The van der Waals surface area contributed by atoms with Crippen LogP contribution in [-0.4, -0.2) is 16.7 Å². The monoisotopic (exact) mass is 238 g/mol. The van der Waals surface area contributed by atoms with E-state index in [1.165, 1.54) is 0 Å². The highest BCUT2D eigenvalue weighted by Gasteiger charge is 2.12. The van der Waals surface area contributed by atoms with Gasteiger partial charge in [-0.1, -0.05) is 20.8 Å². The minimum Gasteiger partial charge on any atom is -0.468 e. The van der Waals surface area contributed by atoms with Crippen molar-refractivity contribution in [1.29, 1.82) is 0 Å². The minimum absolute atomic E-state index is 0.0371. The van der Waals surface area contributed by atoms with Gasteiger partial charge in [-0.2, -0.15) is 0 Å². The Balaban J connectivity index is 2.93. The number of aromatic nitrogens is 2. The van der Waals surface area contributed by atoms with Gasteiger partial charge >= 0.3 is 0 Å². The van der Waals surface area contributed by atoms with Crippen LogP contribution in [0.1, 0.15) is 32.9 Å². The molecule has 0 saturated carbocycles. The molecule has 0 bridgehead atoms. The van der Waals surface area contributed by atoms with E-state index in [2.05, 4.69) is 25.8 Å². The van der Waals surface area contributed by atoms with Crippen LogP contribution in [0, 0.1) is 18.8 Å². The summed E-state index contributed by atoms with van der Waals surface area (Å²) >= 11 is 0. The highest BCUT2D eigenvalue weighted by Crippen LogP contribution is 2.15. The molecule has 0 aliphatic rings. The second-order valence-corrected chi connectivity index (χ2v) is 5.07. The van der Waals surface area contributed by atoms with Gasteiger partial charge in [-0.3, -0.25) is 9.36 Å². The Labute approximate surface area is 103 Å². The summed E-state index contributed by atoms with van der Waals surface area (Å²) in [6.07, 6.45) is 1.09. The lowest BCUT2D eigenvalue weighted by molar-refractivity contribution is 0.312. The Morgan fingerprint density at radius 2 is 2.06 bits per heavy atom. The smallest absolute Gasteiger partial charge is 0.299 e. The summed E-state index contributed by atoms with van der Waals surface area (Å²) < 4.78 is 6.78. The number of nitrogens with zero attached hydrogens (tertiary/aromatic N) is 2. The molecule has 0 aliphatic carbocycles. The standard InChI is InChI=1S/C13H22N2O2/c1-9(2)6-10(3)8-15-12(16)7-11(4)14-13(15)17-5/h7,9-10H,6,8H2,1-5H3. The van der Waals surface area contributed by atoms with Gasteiger partial charge < -0.3 is 4.74 Å². The highest BCUT2D eigenvalue weighted by atomic mass is 16.5. The van der Waals surface area contributed by atoms with Crippen molar-refractivity contribution in [2.24, 2.45) is 11.8 Å². The van der Waals surface area contributed by atoms with Crippen LogP contribution in [0.4, 0.5) is 0 Å². The molecule has 0 aromatic carbocycles. The zero-order chi connectivity index (χ0) is 13.0. The van der Waals surface area contributed by atoms with Gasteiger partial charge in [0.1, 0.15) is 0 Å². The van der Waals surface area contributed by atoms with Gasteiger partial charge in [0, 0.05) is 18.3 Å². The molecule has 0 radical (unpaired) electrons. The zero-order valence-corrected chi connectivity index (χ0v) is 11.4. The van der Waals surface area contributed by atoms with E-state index in [4.69, 9.17) is 4.74 Å². The first-order chi connectivity index (χ1) is 7.93. The van der Waals surface area contributed by atoms with Crippen LogP contribution in [-0.2, 0) is 6.54 Å². The molecule has 4 nitrogen and oxygen atoms in total. The summed E-state index contributed by atoms with van der Waals surface area (Å²) in [7, 11) is 1.55. The lowest BCUT2D eigenvalue weighted by atomic mass is 9.99. The molecule has 0 spiro atoms. The maximum Gasteiger partial charge on any atom is 0.299 e. The van der Waals surface area contributed by atoms with Gasteiger partial charge in [0.25, 0.3) is 11.6 Å². The van der Waals surface area contributed by atoms with E-state index in [0.29, 0.717) is 30.1 Å². The Hall–Kier alpha value is -1.32. The lowest BCUT2D eigenvalue weighted by Gasteiger charge is -2.17. The Kier molecular flexibility index (Phi) is 4.73. The number of aryl methyl sites for hydroxylation is 1. The van der Waals surface area contributed by atoms with E-state index < -0.39 is 0 Å². The molecule has 0 aliphatic heterocycles. The van der Waals surface area contributed by atoms with E-state index in [-0.39, 0.29) is 5.56 Å². The molecule has 1 unspecified atom stereocenters. The third-order valence-corrected chi connectivity index (χ3v) is 2.65. The third-order valence-electron chi connectivity index (χ3n) is 2.65. The predicted octanol–water partition coefficient (Wildman–Crippen LogP) is 2.24. The Bertz CT molecular complexity index is 424. The summed E-state index contributed by atoms with van der Waals surface area (Å²) in [6, 6.07) is 1.95. The Morgan fingerprint density at radius 3 is 2.59 bits per heavy atom. The maximum atomic E-state index is 11.9. The number of methoxy groups -OCH3 is 1. The van der Waals surface area contributed by atoms with Crippen LogP contribution >= 0.6 is 0 Å². The number of hydrogen-bond donors (Lipinski definition) is 0. The van der Waals surface area contributed by atoms with Crippen molar-refractivity contribution in [3.8, 4) is 6.01 Å². The summed E-state index contributed by atoms with van der Waals surface area (Å²) in [4.78, 5) is 16.1. The van der Waals surface area contributed by atoms with Gasteiger partial charge in [0.2, 0.25) is 0 Å². The zero-order valence-electron chi connectivity index (χ0n) is 11.4. The largest absolute Gasteiger partial charge is 0.468 e. The number of ether oxygens (including phenoxy) is 1. The van der Waals surface area contributed by atoms with E-state index in [9.17, 15) is 4.79 Å². The first kappa shape index (κ1) is 13.7. The summed E-state index contributed by atoms with van der Waals surface area (Å²) in [5, 5.41) is 0. The molecule has 0 amide bonds. The molecule has 1 heterocycles. The fourth-order valence-electron chi connectivity index (χ4n) is 2.11. The molecular weight excluding hydrogens is 216 g/mol. The average molecular weight is 238 g/mol. The van der Waals surface area contributed by atoms with Gasteiger partial charge in [-0.15, -0.1) is 0 Å². The normalized spacial score (nSPS) is 12.8. The molecule has 17 heavy (non-hydrogen) atoms. The van der Waals surface area contributed by atoms with Gasteiger partial charge in [-0.05, 0) is 25.2 Å². The van der Waals surface area contributed by atoms with Gasteiger partial charge in [0.15, 0.2) is 0 Å². The maximum absolute atomic E-state index is 11.9. The molecular formula is C13H22N2O2. The predicted molar refractivity (Wildman–Crippen MR) is 68.4 cm³/mol. The minimum atomic E-state index is -0.0371. The molecule has 4 heteroatoms. The average Bonchev–Trinajstić information content (AvgIpc) is 2.20. The van der Waals surface area contributed by atoms with Crippen molar-refractivity contribution in [2.45, 2.75) is 40.7 Å². The van der Waals surface area contributed by atoms with E-state index in [1.807, 2.05) is 0 Å². The molecule has 1 aromatic rings. The molecule has 0 saturated heterocycles.